The van der Waals surface area contributed by atoms with E-state index in [0.717, 1.165) is 55.2 Å². The molecule has 35 heavy (non-hydrogen) atoms. The van der Waals surface area contributed by atoms with Crippen LogP contribution in [-0.4, -0.2) is 69.1 Å². The van der Waals surface area contributed by atoms with Gasteiger partial charge in [0.1, 0.15) is 11.9 Å². The highest BCUT2D eigenvalue weighted by atomic mass is 16.5. The predicted molar refractivity (Wildman–Crippen MR) is 139 cm³/mol. The van der Waals surface area contributed by atoms with E-state index in [1.807, 2.05) is 13.8 Å². The third-order valence-corrected chi connectivity index (χ3v) is 7.85. The predicted octanol–water partition coefficient (Wildman–Crippen LogP) is 4.06. The maximum absolute atomic E-state index is 12.3. The van der Waals surface area contributed by atoms with Gasteiger partial charge in [0.05, 0.1) is 17.2 Å². The molecule has 8 nitrogen and oxygen atoms in total. The highest BCUT2D eigenvalue weighted by Crippen LogP contribution is 2.38. The van der Waals surface area contributed by atoms with E-state index in [1.165, 1.54) is 17.1 Å². The van der Waals surface area contributed by atoms with Crippen LogP contribution in [0.25, 0.3) is 5.57 Å². The first-order valence-electron chi connectivity index (χ1n) is 13.0. The SMILES string of the molecule is CC.COC1C=C(c2nnc3n2CCCC(C)C3)C=CC1(C)N(C)C1=CC2=NN(C)C(=O)C2CC1. The number of rotatable bonds is 4. The molecule has 0 spiro atoms. The lowest BCUT2D eigenvalue weighted by atomic mass is 9.83. The van der Waals surface area contributed by atoms with Crippen LogP contribution >= 0.6 is 0 Å². The van der Waals surface area contributed by atoms with E-state index < -0.39 is 0 Å². The summed E-state index contributed by atoms with van der Waals surface area (Å²) >= 11 is 0. The Bertz CT molecular complexity index is 1080. The smallest absolute Gasteiger partial charge is 0.251 e. The summed E-state index contributed by atoms with van der Waals surface area (Å²) in [6.07, 6.45) is 13.5. The quantitative estimate of drug-likeness (QED) is 0.650. The minimum Gasteiger partial charge on any atom is -0.375 e. The maximum Gasteiger partial charge on any atom is 0.251 e. The number of likely N-dealkylation sites (N-methyl/N-ethyl adjacent to an activating group) is 1. The number of aromatic nitrogens is 3. The summed E-state index contributed by atoms with van der Waals surface area (Å²) in [5, 5.41) is 15.0. The fourth-order valence-corrected chi connectivity index (χ4v) is 5.60. The summed E-state index contributed by atoms with van der Waals surface area (Å²) < 4.78 is 8.29. The Labute approximate surface area is 209 Å². The van der Waals surface area contributed by atoms with Gasteiger partial charge < -0.3 is 14.2 Å². The second-order valence-corrected chi connectivity index (χ2v) is 10.1. The molecule has 0 saturated heterocycles. The molecule has 1 amide bonds. The van der Waals surface area contributed by atoms with Crippen LogP contribution in [0.5, 0.6) is 0 Å². The summed E-state index contributed by atoms with van der Waals surface area (Å²) in [7, 11) is 5.60. The average Bonchev–Trinajstić information content (AvgIpc) is 3.32. The third kappa shape index (κ3) is 4.48. The van der Waals surface area contributed by atoms with Crippen molar-refractivity contribution in [3.05, 3.63) is 41.6 Å². The normalized spacial score (nSPS) is 29.8. The molecule has 4 unspecified atom stereocenters. The van der Waals surface area contributed by atoms with Crippen molar-refractivity contribution in [2.24, 2.45) is 16.9 Å². The van der Waals surface area contributed by atoms with E-state index >= 15 is 0 Å². The van der Waals surface area contributed by atoms with Gasteiger partial charge in [-0.1, -0.05) is 32.9 Å². The van der Waals surface area contributed by atoms with Gasteiger partial charge in [-0.2, -0.15) is 5.10 Å². The van der Waals surface area contributed by atoms with Crippen molar-refractivity contribution < 1.29 is 9.53 Å². The molecule has 0 radical (unpaired) electrons. The monoisotopic (exact) mass is 480 g/mol. The van der Waals surface area contributed by atoms with E-state index in [4.69, 9.17) is 4.74 Å². The second-order valence-electron chi connectivity index (χ2n) is 10.1. The molecule has 4 aliphatic rings. The largest absolute Gasteiger partial charge is 0.375 e. The van der Waals surface area contributed by atoms with Crippen molar-refractivity contribution in [3.8, 4) is 0 Å². The number of hydrogen-bond donors (Lipinski definition) is 0. The standard InChI is InChI=1S/C25H34N6O2.C2H6/c1-16-7-6-12-31-22(13-16)26-27-23(31)17-10-11-25(2,21(14-17)33-5)29(3)18-8-9-19-20(15-18)28-30(4)24(19)32;1-2/h10-11,14-16,19,21H,6-9,12-13H2,1-5H3;1-2H3. The molecule has 8 heteroatoms. The van der Waals surface area contributed by atoms with E-state index in [2.05, 4.69) is 70.0 Å². The molecule has 190 valence electrons. The molecule has 2 aliphatic heterocycles. The van der Waals surface area contributed by atoms with Gasteiger partial charge in [0.15, 0.2) is 5.82 Å². The number of carbonyl (C=O) groups is 1. The number of fused-ring (bicyclic) bond motifs is 2. The summed E-state index contributed by atoms with van der Waals surface area (Å²) in [5.41, 5.74) is 2.72. The number of amides is 1. The van der Waals surface area contributed by atoms with Crippen LogP contribution in [-0.2, 0) is 22.5 Å². The topological polar surface area (TPSA) is 75.9 Å². The Morgan fingerprint density at radius 2 is 2.00 bits per heavy atom. The molecule has 0 bridgehead atoms. The van der Waals surface area contributed by atoms with Crippen molar-refractivity contribution in [1.82, 2.24) is 24.7 Å². The van der Waals surface area contributed by atoms with Gasteiger partial charge in [-0.3, -0.25) is 4.79 Å². The molecule has 0 aromatic carbocycles. The number of hydrazone groups is 1. The third-order valence-electron chi connectivity index (χ3n) is 7.85. The molecule has 0 fully saturated rings. The minimum atomic E-state index is -0.373. The van der Waals surface area contributed by atoms with Crippen LogP contribution < -0.4 is 0 Å². The van der Waals surface area contributed by atoms with Crippen molar-refractivity contribution in [3.63, 3.8) is 0 Å². The summed E-state index contributed by atoms with van der Waals surface area (Å²) in [6.45, 7) is 9.45. The Kier molecular flexibility index (Phi) is 7.31. The molecule has 1 aromatic heterocycles. The molecular weight excluding hydrogens is 440 g/mol. The Morgan fingerprint density at radius 1 is 1.23 bits per heavy atom. The molecule has 4 atom stereocenters. The van der Waals surface area contributed by atoms with Crippen LogP contribution in [0.15, 0.2) is 35.1 Å². The van der Waals surface area contributed by atoms with Crippen molar-refractivity contribution in [2.45, 2.75) is 78.0 Å². The van der Waals surface area contributed by atoms with Crippen LogP contribution in [0.1, 0.15) is 65.0 Å². The lowest BCUT2D eigenvalue weighted by molar-refractivity contribution is -0.130. The van der Waals surface area contributed by atoms with Crippen molar-refractivity contribution in [2.75, 3.05) is 21.2 Å². The Hall–Kier alpha value is -2.74. The van der Waals surface area contributed by atoms with Crippen LogP contribution in [0.4, 0.5) is 0 Å². The zero-order valence-corrected chi connectivity index (χ0v) is 22.3. The van der Waals surface area contributed by atoms with E-state index in [1.54, 1.807) is 14.2 Å². The fraction of sp³-hybridized carbons (Fsp3) is 0.630. The zero-order chi connectivity index (χ0) is 25.3. The highest BCUT2D eigenvalue weighted by molar-refractivity contribution is 6.13. The first-order chi connectivity index (χ1) is 16.8. The van der Waals surface area contributed by atoms with Gasteiger partial charge >= 0.3 is 0 Å². The van der Waals surface area contributed by atoms with Gasteiger partial charge in [0.2, 0.25) is 0 Å². The molecule has 5 rings (SSSR count). The van der Waals surface area contributed by atoms with Crippen LogP contribution in [0, 0.1) is 11.8 Å². The van der Waals surface area contributed by atoms with Gasteiger partial charge in [0, 0.05) is 45.4 Å². The average molecular weight is 481 g/mol. The first-order valence-corrected chi connectivity index (χ1v) is 13.0. The molecule has 0 N–H and O–H groups in total. The number of methoxy groups -OCH3 is 1. The van der Waals surface area contributed by atoms with Crippen LogP contribution in [0.3, 0.4) is 0 Å². The number of hydrogen-bond acceptors (Lipinski definition) is 6. The summed E-state index contributed by atoms with van der Waals surface area (Å²) in [4.78, 5) is 14.6. The maximum atomic E-state index is 12.3. The molecule has 1 aromatic rings. The number of carbonyl (C=O) groups excluding carboxylic acids is 1. The first kappa shape index (κ1) is 25.4. The van der Waals surface area contributed by atoms with Gasteiger partial charge in [-0.25, -0.2) is 5.01 Å². The summed E-state index contributed by atoms with van der Waals surface area (Å²) in [6, 6.07) is 0. The minimum absolute atomic E-state index is 0.0934. The molecular formula is C27H40N6O2. The second kappa shape index (κ2) is 10.1. The number of nitrogens with zero attached hydrogens (tertiary/aromatic N) is 6. The highest BCUT2D eigenvalue weighted by Gasteiger charge is 2.42. The van der Waals surface area contributed by atoms with E-state index in [-0.39, 0.29) is 23.5 Å². The molecule has 3 heterocycles. The van der Waals surface area contributed by atoms with Crippen LogP contribution in [0.2, 0.25) is 0 Å². The number of ether oxygens (including phenoxy) is 1. The Balaban J connectivity index is 0.00000141. The van der Waals surface area contributed by atoms with Gasteiger partial charge in [-0.15, -0.1) is 10.2 Å². The van der Waals surface area contributed by atoms with Crippen molar-refractivity contribution >= 4 is 17.2 Å². The lowest BCUT2D eigenvalue weighted by Crippen LogP contribution is -2.52. The zero-order valence-electron chi connectivity index (χ0n) is 22.3. The molecule has 0 saturated carbocycles. The van der Waals surface area contributed by atoms with Crippen molar-refractivity contribution in [1.29, 1.82) is 0 Å². The number of allylic oxidation sites excluding steroid dienone is 4. The lowest BCUT2D eigenvalue weighted by Gasteiger charge is -2.45. The van der Waals surface area contributed by atoms with E-state index in [0.29, 0.717) is 5.92 Å². The Morgan fingerprint density at radius 3 is 2.74 bits per heavy atom. The summed E-state index contributed by atoms with van der Waals surface area (Å²) in [5.74, 6) is 2.66. The van der Waals surface area contributed by atoms with Gasteiger partial charge in [0.25, 0.3) is 5.91 Å². The van der Waals surface area contributed by atoms with Gasteiger partial charge in [-0.05, 0) is 50.7 Å². The fourth-order valence-electron chi connectivity index (χ4n) is 5.60. The molecule has 2 aliphatic carbocycles. The van der Waals surface area contributed by atoms with E-state index in [9.17, 15) is 4.79 Å².